The fourth-order valence-electron chi connectivity index (χ4n) is 3.87. The lowest BCUT2D eigenvalue weighted by Crippen LogP contribution is -2.65. The number of rotatable bonds is 9. The molecule has 0 aliphatic carbocycles. The van der Waals surface area contributed by atoms with E-state index in [0.29, 0.717) is 17.5 Å². The zero-order chi connectivity index (χ0) is 27.1. The summed E-state index contributed by atoms with van der Waals surface area (Å²) in [6.07, 6.45) is -0.0170. The molecule has 2 aromatic heterocycles. The number of carbonyl (C=O) groups excluding carboxylic acids is 4. The second-order valence-electron chi connectivity index (χ2n) is 8.12. The maximum absolute atomic E-state index is 12.1. The highest BCUT2D eigenvalue weighted by Gasteiger charge is 2.51. The normalized spacial score (nSPS) is 23.1. The zero-order valence-electron chi connectivity index (χ0n) is 21.1. The molecule has 1 amide bonds. The Bertz CT molecular complexity index is 1130. The van der Waals surface area contributed by atoms with Gasteiger partial charge in [-0.2, -0.15) is 0 Å². The molecule has 0 spiro atoms. The molecule has 3 heterocycles. The van der Waals surface area contributed by atoms with Crippen molar-refractivity contribution in [3.63, 3.8) is 0 Å². The molecule has 1 aliphatic heterocycles. The molecular weight excluding hydrogens is 506 g/mol. The van der Waals surface area contributed by atoms with E-state index in [0.717, 1.165) is 17.3 Å². The first kappa shape index (κ1) is 28.1. The minimum atomic E-state index is -1.16. The fourth-order valence-corrected chi connectivity index (χ4v) is 5.08. The monoisotopic (exact) mass is 535 g/mol. The predicted octanol–water partition coefficient (Wildman–Crippen LogP) is 1.11. The Kier molecular flexibility index (Phi) is 9.58. The first-order valence-corrected chi connectivity index (χ1v) is 12.4. The van der Waals surface area contributed by atoms with Crippen LogP contribution in [0.3, 0.4) is 0 Å². The van der Waals surface area contributed by atoms with Gasteiger partial charge in [-0.15, -0.1) is 10.2 Å². The molecule has 1 saturated heterocycles. The van der Waals surface area contributed by atoms with Crippen molar-refractivity contribution in [1.29, 1.82) is 0 Å². The van der Waals surface area contributed by atoms with E-state index in [1.165, 1.54) is 27.7 Å². The summed E-state index contributed by atoms with van der Waals surface area (Å²) in [5, 5.41) is 11.8. The van der Waals surface area contributed by atoms with Crippen LogP contribution in [-0.2, 0) is 44.7 Å². The smallest absolute Gasteiger partial charge is 0.303 e. The number of thioether (sulfide) groups is 1. The Morgan fingerprint density at radius 1 is 1.00 bits per heavy atom. The van der Waals surface area contributed by atoms with Gasteiger partial charge in [-0.05, 0) is 19.1 Å². The predicted molar refractivity (Wildman–Crippen MR) is 129 cm³/mol. The highest BCUT2D eigenvalue weighted by Crippen LogP contribution is 2.36. The van der Waals surface area contributed by atoms with Crippen LogP contribution in [0, 0.1) is 0 Å². The maximum Gasteiger partial charge on any atom is 0.303 e. The minimum absolute atomic E-state index is 0.280. The standard InChI is InChI=1S/C23H29N5O8S/c1-6-28-21(16-7-9-24-10-8-16)26-27-23(28)37-22-18(25-12(2)29)20(35-15(5)32)19(34-14(4)31)17(36-22)11-33-13(3)30/h7-10,17-20,22H,6,11H2,1-5H3,(H,25,29)/t17-,18-,19-,20-,22-/m1/s1. The number of ether oxygens (including phenoxy) is 4. The van der Waals surface area contributed by atoms with Crippen LogP contribution in [0.15, 0.2) is 29.7 Å². The van der Waals surface area contributed by atoms with Crippen LogP contribution in [0.2, 0.25) is 0 Å². The molecule has 200 valence electrons. The van der Waals surface area contributed by atoms with Crippen LogP contribution in [0.25, 0.3) is 11.4 Å². The van der Waals surface area contributed by atoms with Crippen LogP contribution in [0.5, 0.6) is 0 Å². The number of carbonyl (C=O) groups is 4. The highest BCUT2D eigenvalue weighted by molar-refractivity contribution is 7.99. The highest BCUT2D eigenvalue weighted by atomic mass is 32.2. The number of amides is 1. The second-order valence-corrected chi connectivity index (χ2v) is 9.19. The number of hydrogen-bond acceptors (Lipinski definition) is 12. The van der Waals surface area contributed by atoms with Crippen molar-refractivity contribution in [1.82, 2.24) is 25.1 Å². The van der Waals surface area contributed by atoms with E-state index < -0.39 is 53.6 Å². The second kappa shape index (κ2) is 12.6. The van der Waals surface area contributed by atoms with Crippen molar-refractivity contribution >= 4 is 35.6 Å². The Morgan fingerprint density at radius 3 is 2.22 bits per heavy atom. The molecule has 13 nitrogen and oxygen atoms in total. The van der Waals surface area contributed by atoms with Gasteiger partial charge in [0, 0.05) is 52.2 Å². The molecule has 2 aromatic rings. The van der Waals surface area contributed by atoms with Gasteiger partial charge in [0.25, 0.3) is 0 Å². The minimum Gasteiger partial charge on any atom is -0.463 e. The van der Waals surface area contributed by atoms with Crippen molar-refractivity contribution < 1.29 is 38.1 Å². The van der Waals surface area contributed by atoms with Crippen molar-refractivity contribution in [3.8, 4) is 11.4 Å². The SMILES string of the molecule is CCn1c(S[C@H]2O[C@H](COC(C)=O)[C@@H](OC(C)=O)[C@H](OC(C)=O)[C@H]2NC(C)=O)nnc1-c1ccncc1. The number of esters is 3. The lowest BCUT2D eigenvalue weighted by molar-refractivity contribution is -0.211. The summed E-state index contributed by atoms with van der Waals surface area (Å²) in [6.45, 7) is 7.07. The Balaban J connectivity index is 2.02. The third kappa shape index (κ3) is 7.26. The largest absolute Gasteiger partial charge is 0.463 e. The summed E-state index contributed by atoms with van der Waals surface area (Å²) >= 11 is 1.14. The molecule has 1 N–H and O–H groups in total. The Hall–Kier alpha value is -3.52. The molecule has 14 heteroatoms. The summed E-state index contributed by atoms with van der Waals surface area (Å²) in [5.41, 5.74) is -0.0833. The summed E-state index contributed by atoms with van der Waals surface area (Å²) in [5.74, 6) is -1.73. The van der Waals surface area contributed by atoms with Gasteiger partial charge in [0.05, 0.1) is 0 Å². The van der Waals surface area contributed by atoms with E-state index in [9.17, 15) is 19.2 Å². The van der Waals surface area contributed by atoms with Crippen molar-refractivity contribution in [3.05, 3.63) is 24.5 Å². The van der Waals surface area contributed by atoms with Gasteiger partial charge in [0.2, 0.25) is 5.91 Å². The third-order valence-corrected chi connectivity index (χ3v) is 6.41. The number of nitrogens with one attached hydrogen (secondary N) is 1. The molecule has 0 saturated carbocycles. The topological polar surface area (TPSA) is 161 Å². The zero-order valence-corrected chi connectivity index (χ0v) is 21.9. The average Bonchev–Trinajstić information content (AvgIpc) is 3.23. The maximum atomic E-state index is 12.1. The summed E-state index contributed by atoms with van der Waals surface area (Å²) < 4.78 is 24.2. The number of hydrogen-bond donors (Lipinski definition) is 1. The summed E-state index contributed by atoms with van der Waals surface area (Å²) in [6, 6.07) is 2.66. The molecule has 37 heavy (non-hydrogen) atoms. The number of aromatic nitrogens is 4. The molecule has 0 aromatic carbocycles. The third-order valence-electron chi connectivity index (χ3n) is 5.26. The average molecular weight is 536 g/mol. The van der Waals surface area contributed by atoms with Crippen LogP contribution < -0.4 is 5.32 Å². The number of nitrogens with zero attached hydrogens (tertiary/aromatic N) is 4. The van der Waals surface area contributed by atoms with Gasteiger partial charge < -0.3 is 28.8 Å². The van der Waals surface area contributed by atoms with Gasteiger partial charge in [-0.3, -0.25) is 24.2 Å². The van der Waals surface area contributed by atoms with Crippen LogP contribution in [0.4, 0.5) is 0 Å². The molecule has 1 fully saturated rings. The van der Waals surface area contributed by atoms with E-state index in [-0.39, 0.29) is 6.61 Å². The van der Waals surface area contributed by atoms with E-state index >= 15 is 0 Å². The first-order chi connectivity index (χ1) is 17.6. The van der Waals surface area contributed by atoms with Crippen LogP contribution in [-0.4, -0.2) is 80.0 Å². The van der Waals surface area contributed by atoms with Gasteiger partial charge in [0.15, 0.2) is 23.2 Å². The molecule has 3 rings (SSSR count). The molecule has 0 unspecified atom stereocenters. The lowest BCUT2D eigenvalue weighted by Gasteiger charge is -2.44. The van der Waals surface area contributed by atoms with Gasteiger partial charge in [-0.1, -0.05) is 11.8 Å². The Labute approximate surface area is 217 Å². The lowest BCUT2D eigenvalue weighted by atomic mass is 9.97. The molecular formula is C23H29N5O8S. The van der Waals surface area contributed by atoms with Crippen LogP contribution >= 0.6 is 11.8 Å². The van der Waals surface area contributed by atoms with Gasteiger partial charge in [-0.25, -0.2) is 0 Å². The van der Waals surface area contributed by atoms with Crippen LogP contribution in [0.1, 0.15) is 34.6 Å². The van der Waals surface area contributed by atoms with E-state index in [1.54, 1.807) is 24.5 Å². The number of pyridine rings is 1. The van der Waals surface area contributed by atoms with E-state index in [2.05, 4.69) is 20.5 Å². The summed E-state index contributed by atoms with van der Waals surface area (Å²) in [7, 11) is 0. The molecule has 0 bridgehead atoms. The molecule has 5 atom stereocenters. The fraction of sp³-hybridized carbons (Fsp3) is 0.522. The van der Waals surface area contributed by atoms with Crippen molar-refractivity contribution in [2.45, 2.75) is 76.1 Å². The summed E-state index contributed by atoms with van der Waals surface area (Å²) in [4.78, 5) is 51.6. The Morgan fingerprint density at radius 2 is 1.65 bits per heavy atom. The molecule has 1 aliphatic rings. The van der Waals surface area contributed by atoms with Crippen molar-refractivity contribution in [2.75, 3.05) is 6.61 Å². The molecule has 0 radical (unpaired) electrons. The first-order valence-electron chi connectivity index (χ1n) is 11.5. The van der Waals surface area contributed by atoms with E-state index in [1.807, 2.05) is 11.5 Å². The quantitative estimate of drug-likeness (QED) is 0.360. The van der Waals surface area contributed by atoms with E-state index in [4.69, 9.17) is 18.9 Å². The van der Waals surface area contributed by atoms with Crippen molar-refractivity contribution in [2.24, 2.45) is 0 Å². The van der Waals surface area contributed by atoms with Gasteiger partial charge in [0.1, 0.15) is 24.2 Å². The van der Waals surface area contributed by atoms with Gasteiger partial charge >= 0.3 is 17.9 Å².